The maximum absolute atomic E-state index is 11.5. The van der Waals surface area contributed by atoms with Gasteiger partial charge in [0.15, 0.2) is 5.78 Å². The molecule has 0 saturated carbocycles. The fourth-order valence-corrected chi connectivity index (χ4v) is 3.22. The van der Waals surface area contributed by atoms with E-state index in [9.17, 15) is 4.79 Å². The first-order chi connectivity index (χ1) is 10.2. The first kappa shape index (κ1) is 14.2. The number of nitrogens with zero attached hydrogens (tertiary/aromatic N) is 1. The fourth-order valence-electron chi connectivity index (χ4n) is 2.92. The van der Waals surface area contributed by atoms with Gasteiger partial charge in [0.2, 0.25) is 0 Å². The molecule has 0 amide bonds. The van der Waals surface area contributed by atoms with Crippen LogP contribution in [-0.4, -0.2) is 12.3 Å². The number of aryl methyl sites for hydroxylation is 1. The number of Topliss-reactive ketones (excluding diaryl/α,β-unsaturated/α-hetero) is 1. The van der Waals surface area contributed by atoms with Gasteiger partial charge < -0.3 is 4.90 Å². The summed E-state index contributed by atoms with van der Waals surface area (Å²) >= 11 is 6.26. The number of anilines is 2. The summed E-state index contributed by atoms with van der Waals surface area (Å²) in [5.41, 5.74) is 4.27. The van der Waals surface area contributed by atoms with Gasteiger partial charge in [-0.15, -0.1) is 0 Å². The predicted molar refractivity (Wildman–Crippen MR) is 87.8 cm³/mol. The van der Waals surface area contributed by atoms with Crippen molar-refractivity contribution in [1.29, 1.82) is 0 Å². The maximum Gasteiger partial charge on any atom is 0.161 e. The number of para-hydroxylation sites is 1. The van der Waals surface area contributed by atoms with Crippen molar-refractivity contribution in [2.24, 2.45) is 0 Å². The van der Waals surface area contributed by atoms with Crippen LogP contribution in [0.25, 0.3) is 0 Å². The van der Waals surface area contributed by atoms with Crippen molar-refractivity contribution in [2.75, 3.05) is 11.4 Å². The summed E-state index contributed by atoms with van der Waals surface area (Å²) in [6.07, 6.45) is 3.47. The Bertz CT molecular complexity index is 681. The van der Waals surface area contributed by atoms with Crippen molar-refractivity contribution < 1.29 is 4.79 Å². The summed E-state index contributed by atoms with van der Waals surface area (Å²) in [5, 5.41) is 0.529. The topological polar surface area (TPSA) is 20.3 Å². The molecular weight excluding hydrogens is 282 g/mol. The second-order valence-corrected chi connectivity index (χ2v) is 5.86. The number of fused-ring (bicyclic) bond motifs is 1. The van der Waals surface area contributed by atoms with Gasteiger partial charge in [-0.25, -0.2) is 0 Å². The van der Waals surface area contributed by atoms with Gasteiger partial charge in [-0.3, -0.25) is 4.79 Å². The van der Waals surface area contributed by atoms with Gasteiger partial charge in [-0.05, 0) is 56.0 Å². The Morgan fingerprint density at radius 3 is 2.71 bits per heavy atom. The van der Waals surface area contributed by atoms with Crippen LogP contribution in [0.1, 0.15) is 35.7 Å². The van der Waals surface area contributed by atoms with Crippen LogP contribution in [0.15, 0.2) is 42.5 Å². The standard InChI is InChI=1S/C18H18ClNO/c1-13(21)16-10-9-15(12-17(16)19)20-11-5-4-7-14-6-2-3-8-18(14)20/h2-3,6,8-10,12H,4-5,7,11H2,1H3. The molecule has 0 N–H and O–H groups in total. The van der Waals surface area contributed by atoms with Gasteiger partial charge in [0, 0.05) is 23.5 Å². The van der Waals surface area contributed by atoms with E-state index in [1.54, 1.807) is 6.92 Å². The first-order valence-corrected chi connectivity index (χ1v) is 7.70. The van der Waals surface area contributed by atoms with Crippen molar-refractivity contribution in [1.82, 2.24) is 0 Å². The largest absolute Gasteiger partial charge is 0.341 e. The van der Waals surface area contributed by atoms with E-state index in [1.165, 1.54) is 17.7 Å². The van der Waals surface area contributed by atoms with E-state index in [2.05, 4.69) is 29.2 Å². The van der Waals surface area contributed by atoms with E-state index >= 15 is 0 Å². The maximum atomic E-state index is 11.5. The monoisotopic (exact) mass is 299 g/mol. The van der Waals surface area contributed by atoms with Gasteiger partial charge >= 0.3 is 0 Å². The molecule has 1 aliphatic rings. The van der Waals surface area contributed by atoms with Gasteiger partial charge in [0.25, 0.3) is 0 Å². The van der Waals surface area contributed by atoms with Crippen molar-refractivity contribution >= 4 is 28.8 Å². The van der Waals surface area contributed by atoms with Crippen LogP contribution < -0.4 is 4.90 Å². The van der Waals surface area contributed by atoms with E-state index in [0.29, 0.717) is 10.6 Å². The molecule has 0 spiro atoms. The average Bonchev–Trinajstić information content (AvgIpc) is 2.69. The molecular formula is C18H18ClNO. The van der Waals surface area contributed by atoms with E-state index < -0.39 is 0 Å². The molecule has 0 saturated heterocycles. The number of ketones is 1. The highest BCUT2D eigenvalue weighted by Gasteiger charge is 2.17. The smallest absolute Gasteiger partial charge is 0.161 e. The summed E-state index contributed by atoms with van der Waals surface area (Å²) in [6.45, 7) is 2.52. The zero-order valence-corrected chi connectivity index (χ0v) is 12.9. The third-order valence-electron chi connectivity index (χ3n) is 4.00. The highest BCUT2D eigenvalue weighted by atomic mass is 35.5. The molecule has 0 unspecified atom stereocenters. The number of hydrogen-bond donors (Lipinski definition) is 0. The number of rotatable bonds is 2. The van der Waals surface area contributed by atoms with Crippen molar-refractivity contribution in [2.45, 2.75) is 26.2 Å². The molecule has 0 fully saturated rings. The Morgan fingerprint density at radius 1 is 1.14 bits per heavy atom. The van der Waals surface area contributed by atoms with Gasteiger partial charge in [0.1, 0.15) is 0 Å². The molecule has 0 aliphatic carbocycles. The van der Waals surface area contributed by atoms with E-state index in [0.717, 1.165) is 25.1 Å². The number of carbonyl (C=O) groups is 1. The Labute approximate surface area is 130 Å². The van der Waals surface area contributed by atoms with Crippen LogP contribution in [0.2, 0.25) is 5.02 Å². The number of carbonyl (C=O) groups excluding carboxylic acids is 1. The molecule has 3 rings (SSSR count). The van der Waals surface area contributed by atoms with Crippen LogP contribution in [-0.2, 0) is 6.42 Å². The summed E-state index contributed by atoms with van der Waals surface area (Å²) in [5.74, 6) is 0.00261. The molecule has 3 heteroatoms. The van der Waals surface area contributed by atoms with Crippen LogP contribution in [0.4, 0.5) is 11.4 Å². The van der Waals surface area contributed by atoms with Crippen molar-refractivity contribution in [3.8, 4) is 0 Å². The lowest BCUT2D eigenvalue weighted by Gasteiger charge is -2.25. The quantitative estimate of drug-likeness (QED) is 0.726. The molecule has 2 aromatic carbocycles. The molecule has 21 heavy (non-hydrogen) atoms. The lowest BCUT2D eigenvalue weighted by Crippen LogP contribution is -2.18. The molecule has 0 atom stereocenters. The van der Waals surface area contributed by atoms with E-state index in [1.807, 2.05) is 18.2 Å². The van der Waals surface area contributed by atoms with Gasteiger partial charge in [-0.1, -0.05) is 29.8 Å². The number of hydrogen-bond acceptors (Lipinski definition) is 2. The highest BCUT2D eigenvalue weighted by molar-refractivity contribution is 6.34. The Kier molecular flexibility index (Phi) is 3.98. The van der Waals surface area contributed by atoms with Gasteiger partial charge in [-0.2, -0.15) is 0 Å². The first-order valence-electron chi connectivity index (χ1n) is 7.33. The Morgan fingerprint density at radius 2 is 1.95 bits per heavy atom. The minimum Gasteiger partial charge on any atom is -0.341 e. The molecule has 1 aliphatic heterocycles. The van der Waals surface area contributed by atoms with E-state index in [-0.39, 0.29) is 5.78 Å². The number of halogens is 1. The highest BCUT2D eigenvalue weighted by Crippen LogP contribution is 2.34. The fraction of sp³-hybridized carbons (Fsp3) is 0.278. The zero-order valence-electron chi connectivity index (χ0n) is 12.1. The van der Waals surface area contributed by atoms with Crippen LogP contribution in [0.3, 0.4) is 0 Å². The summed E-state index contributed by atoms with van der Waals surface area (Å²) in [6, 6.07) is 14.2. The SMILES string of the molecule is CC(=O)c1ccc(N2CCCCc3ccccc32)cc1Cl. The molecule has 108 valence electrons. The molecule has 2 nitrogen and oxygen atoms in total. The minimum atomic E-state index is 0.00261. The third-order valence-corrected chi connectivity index (χ3v) is 4.32. The minimum absolute atomic E-state index is 0.00261. The Hall–Kier alpha value is -1.80. The van der Waals surface area contributed by atoms with Crippen LogP contribution >= 0.6 is 11.6 Å². The van der Waals surface area contributed by atoms with E-state index in [4.69, 9.17) is 11.6 Å². The van der Waals surface area contributed by atoms with Crippen molar-refractivity contribution in [3.05, 3.63) is 58.6 Å². The van der Waals surface area contributed by atoms with Crippen LogP contribution in [0.5, 0.6) is 0 Å². The molecule has 0 radical (unpaired) electrons. The zero-order chi connectivity index (χ0) is 14.8. The second-order valence-electron chi connectivity index (χ2n) is 5.46. The third kappa shape index (κ3) is 2.81. The normalized spacial score (nSPS) is 14.5. The van der Waals surface area contributed by atoms with Crippen LogP contribution in [0, 0.1) is 0 Å². The second kappa shape index (κ2) is 5.90. The summed E-state index contributed by atoms with van der Waals surface area (Å²) < 4.78 is 0. The molecule has 1 heterocycles. The number of benzene rings is 2. The average molecular weight is 300 g/mol. The predicted octanol–water partition coefficient (Wildman–Crippen LogP) is 5.02. The molecule has 0 bridgehead atoms. The Balaban J connectivity index is 2.04. The lowest BCUT2D eigenvalue weighted by molar-refractivity contribution is 0.101. The summed E-state index contributed by atoms with van der Waals surface area (Å²) in [4.78, 5) is 13.8. The molecule has 2 aromatic rings. The van der Waals surface area contributed by atoms with Crippen molar-refractivity contribution in [3.63, 3.8) is 0 Å². The lowest BCUT2D eigenvalue weighted by atomic mass is 10.1. The summed E-state index contributed by atoms with van der Waals surface area (Å²) in [7, 11) is 0. The van der Waals surface area contributed by atoms with Gasteiger partial charge in [0.05, 0.1) is 5.02 Å². The molecule has 0 aromatic heterocycles.